The number of anilines is 1. The molecule has 2 nitrogen and oxygen atoms in total. The van der Waals surface area contributed by atoms with Gasteiger partial charge in [-0.3, -0.25) is 0 Å². The van der Waals surface area contributed by atoms with Crippen LogP contribution >= 0.6 is 0 Å². The summed E-state index contributed by atoms with van der Waals surface area (Å²) in [5.74, 6) is 0. The van der Waals surface area contributed by atoms with Gasteiger partial charge in [0.2, 0.25) is 0 Å². The van der Waals surface area contributed by atoms with E-state index in [0.717, 1.165) is 31.6 Å². The molecule has 0 atom stereocenters. The minimum absolute atomic E-state index is 0.902. The first-order chi connectivity index (χ1) is 7.16. The molecule has 2 radical (unpaired) electrons. The van der Waals surface area contributed by atoms with Gasteiger partial charge in [0, 0.05) is 31.9 Å². The molecule has 0 spiro atoms. The molecule has 0 unspecified atom stereocenters. The molecule has 15 heavy (non-hydrogen) atoms. The zero-order valence-corrected chi connectivity index (χ0v) is 9.53. The lowest BCUT2D eigenvalue weighted by Gasteiger charge is -2.35. The number of aryl methyl sites for hydroxylation is 1. The molecule has 1 aliphatic heterocycles. The van der Waals surface area contributed by atoms with Crippen LogP contribution < -0.4 is 10.4 Å². The first-order valence-corrected chi connectivity index (χ1v) is 5.46. The molecule has 0 amide bonds. The lowest BCUT2D eigenvalue weighted by Crippen LogP contribution is -2.45. The second-order valence-electron chi connectivity index (χ2n) is 4.35. The van der Waals surface area contributed by atoms with Crippen LogP contribution in [0.25, 0.3) is 0 Å². The Balaban J connectivity index is 2.15. The molecule has 2 rings (SSSR count). The zero-order valence-electron chi connectivity index (χ0n) is 9.53. The molecule has 1 aliphatic rings. The van der Waals surface area contributed by atoms with E-state index < -0.39 is 0 Å². The van der Waals surface area contributed by atoms with Gasteiger partial charge in [0.05, 0.1) is 0 Å². The molecule has 78 valence electrons. The Hall–Kier alpha value is -0.955. The quantitative estimate of drug-likeness (QED) is 0.610. The topological polar surface area (TPSA) is 6.48 Å². The van der Waals surface area contributed by atoms with Crippen LogP contribution in [0.1, 0.15) is 5.56 Å². The third kappa shape index (κ3) is 2.35. The maximum absolute atomic E-state index is 6.03. The summed E-state index contributed by atoms with van der Waals surface area (Å²) in [5.41, 5.74) is 3.32. The number of hydrogen-bond donors (Lipinski definition) is 0. The molecule has 0 aromatic heterocycles. The molecule has 1 saturated heterocycles. The molecule has 0 saturated carbocycles. The Labute approximate surface area is 93.3 Å². The first-order valence-electron chi connectivity index (χ1n) is 5.46. The van der Waals surface area contributed by atoms with Crippen molar-refractivity contribution in [3.63, 3.8) is 0 Å². The molecule has 1 aromatic carbocycles. The maximum atomic E-state index is 6.03. The van der Waals surface area contributed by atoms with Crippen LogP contribution in [-0.2, 0) is 0 Å². The summed E-state index contributed by atoms with van der Waals surface area (Å²) in [6.07, 6.45) is 0. The molecule has 0 bridgehead atoms. The van der Waals surface area contributed by atoms with Crippen LogP contribution in [-0.4, -0.2) is 46.0 Å². The molecule has 3 heteroatoms. The summed E-state index contributed by atoms with van der Waals surface area (Å²) >= 11 is 0. The predicted octanol–water partition coefficient (Wildman–Crippen LogP) is 0.541. The van der Waals surface area contributed by atoms with Crippen LogP contribution in [0.3, 0.4) is 0 Å². The fraction of sp³-hybridized carbons (Fsp3) is 0.500. The molecular formula is C12H17BN2. The fourth-order valence-electron chi connectivity index (χ4n) is 2.01. The van der Waals surface area contributed by atoms with Gasteiger partial charge in [0.1, 0.15) is 7.85 Å². The van der Waals surface area contributed by atoms with Gasteiger partial charge < -0.3 is 9.80 Å². The number of nitrogens with zero attached hydrogens (tertiary/aromatic N) is 2. The van der Waals surface area contributed by atoms with Gasteiger partial charge in [-0.05, 0) is 20.0 Å². The Kier molecular flexibility index (Phi) is 3.01. The van der Waals surface area contributed by atoms with Crippen molar-refractivity contribution in [2.45, 2.75) is 6.92 Å². The summed E-state index contributed by atoms with van der Waals surface area (Å²) < 4.78 is 0. The molecule has 0 N–H and O–H groups in total. The third-order valence-electron chi connectivity index (χ3n) is 3.03. The van der Waals surface area contributed by atoms with Gasteiger partial charge in [-0.2, -0.15) is 0 Å². The summed E-state index contributed by atoms with van der Waals surface area (Å²) in [4.78, 5) is 4.72. The van der Waals surface area contributed by atoms with Crippen molar-refractivity contribution in [3.8, 4) is 0 Å². The van der Waals surface area contributed by atoms with Crippen LogP contribution in [0.5, 0.6) is 0 Å². The van der Waals surface area contributed by atoms with E-state index in [1.807, 2.05) is 6.07 Å². The SMILES string of the molecule is [B]c1cc(C)ccc1N1CCN(C)CC1. The van der Waals surface area contributed by atoms with E-state index in [1.54, 1.807) is 0 Å². The van der Waals surface area contributed by atoms with Crippen molar-refractivity contribution in [1.82, 2.24) is 4.90 Å². The minimum Gasteiger partial charge on any atom is -0.369 e. The average molecular weight is 200 g/mol. The van der Waals surface area contributed by atoms with E-state index in [0.29, 0.717) is 0 Å². The maximum Gasteiger partial charge on any atom is 0.116 e. The van der Waals surface area contributed by atoms with Gasteiger partial charge in [-0.1, -0.05) is 23.2 Å². The van der Waals surface area contributed by atoms with E-state index in [1.165, 1.54) is 11.3 Å². The number of piperazine rings is 1. The fourth-order valence-corrected chi connectivity index (χ4v) is 2.01. The number of benzene rings is 1. The zero-order chi connectivity index (χ0) is 10.8. The van der Waals surface area contributed by atoms with Crippen molar-refractivity contribution < 1.29 is 0 Å². The van der Waals surface area contributed by atoms with Crippen LogP contribution in [0.15, 0.2) is 18.2 Å². The van der Waals surface area contributed by atoms with Gasteiger partial charge in [0.25, 0.3) is 0 Å². The van der Waals surface area contributed by atoms with Crippen LogP contribution in [0.2, 0.25) is 0 Å². The van der Waals surface area contributed by atoms with Crippen LogP contribution in [0, 0.1) is 6.92 Å². The Bertz CT molecular complexity index is 343. The highest BCUT2D eigenvalue weighted by molar-refractivity contribution is 6.36. The highest BCUT2D eigenvalue weighted by Crippen LogP contribution is 2.13. The van der Waals surface area contributed by atoms with Crippen molar-refractivity contribution in [2.24, 2.45) is 0 Å². The largest absolute Gasteiger partial charge is 0.369 e. The number of hydrogen-bond acceptors (Lipinski definition) is 2. The molecule has 1 fully saturated rings. The van der Waals surface area contributed by atoms with Gasteiger partial charge in [-0.15, -0.1) is 0 Å². The normalized spacial score (nSPS) is 18.1. The van der Waals surface area contributed by atoms with Gasteiger partial charge in [-0.25, -0.2) is 0 Å². The number of likely N-dealkylation sites (N-methyl/N-ethyl adjacent to an activating group) is 1. The molecule has 1 aromatic rings. The summed E-state index contributed by atoms with van der Waals surface area (Å²) in [7, 11) is 8.19. The Morgan fingerprint density at radius 1 is 1.13 bits per heavy atom. The van der Waals surface area contributed by atoms with E-state index in [4.69, 9.17) is 7.85 Å². The highest BCUT2D eigenvalue weighted by Gasteiger charge is 2.15. The summed E-state index contributed by atoms with van der Waals surface area (Å²) in [5, 5.41) is 0. The average Bonchev–Trinajstić information content (AvgIpc) is 2.20. The number of rotatable bonds is 1. The monoisotopic (exact) mass is 200 g/mol. The Morgan fingerprint density at radius 2 is 1.80 bits per heavy atom. The Morgan fingerprint density at radius 3 is 2.40 bits per heavy atom. The van der Waals surface area contributed by atoms with E-state index in [-0.39, 0.29) is 0 Å². The van der Waals surface area contributed by atoms with Crippen molar-refractivity contribution >= 4 is 19.0 Å². The summed E-state index contributed by atoms with van der Waals surface area (Å²) in [6, 6.07) is 6.31. The van der Waals surface area contributed by atoms with Crippen molar-refractivity contribution in [3.05, 3.63) is 23.8 Å². The smallest absolute Gasteiger partial charge is 0.116 e. The molecular weight excluding hydrogens is 183 g/mol. The second kappa shape index (κ2) is 4.27. The summed E-state index contributed by atoms with van der Waals surface area (Å²) in [6.45, 7) is 6.46. The lowest BCUT2D eigenvalue weighted by molar-refractivity contribution is 0.313. The third-order valence-corrected chi connectivity index (χ3v) is 3.03. The van der Waals surface area contributed by atoms with Crippen molar-refractivity contribution in [1.29, 1.82) is 0 Å². The van der Waals surface area contributed by atoms with Gasteiger partial charge >= 0.3 is 0 Å². The van der Waals surface area contributed by atoms with Crippen molar-refractivity contribution in [2.75, 3.05) is 38.1 Å². The standard InChI is InChI=1S/C12H17BN2/c1-10-3-4-12(11(13)9-10)15-7-5-14(2)6-8-15/h3-4,9H,5-8H2,1-2H3. The lowest BCUT2D eigenvalue weighted by atomic mass is 9.91. The molecule has 1 heterocycles. The van der Waals surface area contributed by atoms with E-state index in [9.17, 15) is 0 Å². The second-order valence-corrected chi connectivity index (χ2v) is 4.35. The van der Waals surface area contributed by atoms with E-state index in [2.05, 4.69) is 35.9 Å². The highest BCUT2D eigenvalue weighted by atomic mass is 15.2. The minimum atomic E-state index is 0.902. The van der Waals surface area contributed by atoms with E-state index >= 15 is 0 Å². The van der Waals surface area contributed by atoms with Crippen LogP contribution in [0.4, 0.5) is 5.69 Å². The predicted molar refractivity (Wildman–Crippen MR) is 66.3 cm³/mol. The molecule has 0 aliphatic carbocycles. The first kappa shape index (κ1) is 10.6. The van der Waals surface area contributed by atoms with Gasteiger partial charge in [0.15, 0.2) is 0 Å².